The summed E-state index contributed by atoms with van der Waals surface area (Å²) in [5.74, 6) is 0.640. The van der Waals surface area contributed by atoms with Crippen molar-refractivity contribution in [3.05, 3.63) is 0 Å². The van der Waals surface area contributed by atoms with Gasteiger partial charge in [0.05, 0.1) is 5.92 Å². The van der Waals surface area contributed by atoms with Gasteiger partial charge in [-0.2, -0.15) is 0 Å². The van der Waals surface area contributed by atoms with Gasteiger partial charge >= 0.3 is 5.97 Å². The smallest absolute Gasteiger partial charge is 0.307 e. The highest BCUT2D eigenvalue weighted by molar-refractivity contribution is 5.86. The molecule has 23 heavy (non-hydrogen) atoms. The summed E-state index contributed by atoms with van der Waals surface area (Å²) in [5.41, 5.74) is -0.495. The Hall–Kier alpha value is -1.19. The molecule has 128 valence electrons. The third-order valence-corrected chi connectivity index (χ3v) is 7.68. The molecule has 3 fully saturated rings. The minimum Gasteiger partial charge on any atom is -0.481 e. The summed E-state index contributed by atoms with van der Waals surface area (Å²) in [7, 11) is 0. The van der Waals surface area contributed by atoms with Crippen LogP contribution in [0, 0.1) is 34.5 Å². The molecule has 0 bridgehead atoms. The van der Waals surface area contributed by atoms with Crippen molar-refractivity contribution in [3.8, 4) is 0 Å². The molecule has 3 rings (SSSR count). The molecule has 1 N–H and O–H groups in total. The van der Waals surface area contributed by atoms with Crippen LogP contribution < -0.4 is 0 Å². The van der Waals surface area contributed by atoms with Gasteiger partial charge in [0.1, 0.15) is 12.1 Å². The topological polar surface area (TPSA) is 71.4 Å². The highest BCUT2D eigenvalue weighted by Crippen LogP contribution is 2.64. The average molecular weight is 320 g/mol. The number of hydrogen-bond donors (Lipinski definition) is 1. The van der Waals surface area contributed by atoms with Gasteiger partial charge in [-0.3, -0.25) is 9.59 Å². The van der Waals surface area contributed by atoms with E-state index in [4.69, 9.17) is 0 Å². The zero-order chi connectivity index (χ0) is 16.8. The minimum atomic E-state index is -0.649. The number of rotatable bonds is 4. The summed E-state index contributed by atoms with van der Waals surface area (Å²) < 4.78 is 0. The van der Waals surface area contributed by atoms with E-state index in [1.807, 2.05) is 0 Å². The standard InChI is InChI=1S/C19H28O4/c1-18-10-8-14-12(13(18)5-6-15(18)17(22)23)4-7-16(21)19(14,2)9-3-11-20/h11-15H,3-10H2,1-2H3,(H,22,23)/t12?,13?,14?,15-,18+,19-/m1/s1. The Morgan fingerprint density at radius 2 is 1.96 bits per heavy atom. The normalized spacial score (nSPS) is 46.1. The molecule has 3 aliphatic carbocycles. The second-order valence-electron chi connectivity index (χ2n) is 8.47. The number of carboxylic acids is 1. The Morgan fingerprint density at radius 3 is 2.61 bits per heavy atom. The van der Waals surface area contributed by atoms with E-state index in [0.29, 0.717) is 42.8 Å². The van der Waals surface area contributed by atoms with Gasteiger partial charge < -0.3 is 9.90 Å². The first-order valence-corrected chi connectivity index (χ1v) is 9.04. The van der Waals surface area contributed by atoms with E-state index >= 15 is 0 Å². The number of aldehydes is 1. The van der Waals surface area contributed by atoms with Crippen LogP contribution in [0.15, 0.2) is 0 Å². The Kier molecular flexibility index (Phi) is 4.14. The van der Waals surface area contributed by atoms with Gasteiger partial charge in [-0.1, -0.05) is 13.8 Å². The van der Waals surface area contributed by atoms with E-state index in [1.165, 1.54) is 0 Å². The maximum Gasteiger partial charge on any atom is 0.307 e. The predicted octanol–water partition coefficient (Wildman–Crippen LogP) is 3.48. The lowest BCUT2D eigenvalue weighted by Crippen LogP contribution is -2.52. The molecular weight excluding hydrogens is 292 g/mol. The largest absolute Gasteiger partial charge is 0.481 e. The van der Waals surface area contributed by atoms with Crippen LogP contribution in [0.25, 0.3) is 0 Å². The lowest BCUT2D eigenvalue weighted by Gasteiger charge is -2.55. The maximum absolute atomic E-state index is 12.6. The predicted molar refractivity (Wildman–Crippen MR) is 85.8 cm³/mol. The van der Waals surface area contributed by atoms with Crippen molar-refractivity contribution in [1.29, 1.82) is 0 Å². The van der Waals surface area contributed by atoms with E-state index in [1.54, 1.807) is 0 Å². The van der Waals surface area contributed by atoms with Crippen molar-refractivity contribution in [1.82, 2.24) is 0 Å². The number of aliphatic carboxylic acids is 1. The van der Waals surface area contributed by atoms with Gasteiger partial charge in [0.25, 0.3) is 0 Å². The zero-order valence-corrected chi connectivity index (χ0v) is 14.2. The summed E-state index contributed by atoms with van der Waals surface area (Å²) in [6.45, 7) is 4.22. The number of carboxylic acid groups (broad SMARTS) is 1. The lowest BCUT2D eigenvalue weighted by molar-refractivity contribution is -0.154. The summed E-state index contributed by atoms with van der Waals surface area (Å²) in [6, 6.07) is 0. The highest BCUT2D eigenvalue weighted by atomic mass is 16.4. The molecule has 0 aromatic heterocycles. The molecule has 3 unspecified atom stereocenters. The summed E-state index contributed by atoms with van der Waals surface area (Å²) in [4.78, 5) is 35.1. The molecule has 0 aliphatic heterocycles. The Bertz CT molecular complexity index is 527. The summed E-state index contributed by atoms with van der Waals surface area (Å²) >= 11 is 0. The molecule has 0 aromatic rings. The molecule has 0 aromatic carbocycles. The van der Waals surface area contributed by atoms with E-state index in [0.717, 1.165) is 38.4 Å². The molecule has 0 amide bonds. The van der Waals surface area contributed by atoms with E-state index < -0.39 is 5.97 Å². The van der Waals surface area contributed by atoms with Crippen LogP contribution >= 0.6 is 0 Å². The summed E-state index contributed by atoms with van der Waals surface area (Å²) in [6.07, 6.45) is 7.12. The van der Waals surface area contributed by atoms with Gasteiger partial charge in [-0.25, -0.2) is 0 Å². The van der Waals surface area contributed by atoms with Crippen LogP contribution in [-0.2, 0) is 14.4 Å². The molecule has 3 aliphatic rings. The molecular formula is C19H28O4. The number of fused-ring (bicyclic) bond motifs is 3. The summed E-state index contributed by atoms with van der Waals surface area (Å²) in [5, 5.41) is 9.58. The van der Waals surface area contributed by atoms with Gasteiger partial charge in [0, 0.05) is 18.3 Å². The van der Waals surface area contributed by atoms with Crippen LogP contribution in [0.5, 0.6) is 0 Å². The molecule has 0 radical (unpaired) electrons. The number of ketones is 1. The average Bonchev–Trinajstić information content (AvgIpc) is 2.86. The number of carbonyl (C=O) groups excluding carboxylic acids is 2. The van der Waals surface area contributed by atoms with Crippen molar-refractivity contribution < 1.29 is 19.5 Å². The van der Waals surface area contributed by atoms with Gasteiger partial charge in [-0.15, -0.1) is 0 Å². The van der Waals surface area contributed by atoms with Crippen LogP contribution in [0.3, 0.4) is 0 Å². The lowest BCUT2D eigenvalue weighted by atomic mass is 9.48. The SMILES string of the molecule is C[C@]1(CCC=O)C(=O)CCC2C1CC[C@@]1(C)C2CC[C@@H]1C(=O)O. The Labute approximate surface area is 138 Å². The first-order valence-electron chi connectivity index (χ1n) is 9.04. The molecule has 4 heteroatoms. The van der Waals surface area contributed by atoms with Crippen molar-refractivity contribution in [2.45, 2.75) is 65.2 Å². The Morgan fingerprint density at radius 1 is 1.22 bits per heavy atom. The number of hydrogen-bond acceptors (Lipinski definition) is 3. The molecule has 0 spiro atoms. The second-order valence-corrected chi connectivity index (χ2v) is 8.47. The third-order valence-electron chi connectivity index (χ3n) is 7.68. The molecule has 0 heterocycles. The van der Waals surface area contributed by atoms with Gasteiger partial charge in [0.2, 0.25) is 0 Å². The van der Waals surface area contributed by atoms with Crippen molar-refractivity contribution in [3.63, 3.8) is 0 Å². The fraction of sp³-hybridized carbons (Fsp3) is 0.842. The maximum atomic E-state index is 12.6. The molecule has 4 nitrogen and oxygen atoms in total. The van der Waals surface area contributed by atoms with Crippen LogP contribution in [-0.4, -0.2) is 23.1 Å². The van der Waals surface area contributed by atoms with Crippen LogP contribution in [0.1, 0.15) is 65.2 Å². The van der Waals surface area contributed by atoms with Crippen molar-refractivity contribution >= 4 is 18.0 Å². The first kappa shape index (κ1) is 16.7. The highest BCUT2D eigenvalue weighted by Gasteiger charge is 2.60. The van der Waals surface area contributed by atoms with Crippen LogP contribution in [0.4, 0.5) is 0 Å². The quantitative estimate of drug-likeness (QED) is 0.805. The van der Waals surface area contributed by atoms with Crippen LogP contribution in [0.2, 0.25) is 0 Å². The molecule has 6 atom stereocenters. The van der Waals surface area contributed by atoms with E-state index in [-0.39, 0.29) is 16.7 Å². The van der Waals surface area contributed by atoms with E-state index in [2.05, 4.69) is 13.8 Å². The third kappa shape index (κ3) is 2.36. The first-order chi connectivity index (χ1) is 10.8. The van der Waals surface area contributed by atoms with Crippen molar-refractivity contribution in [2.75, 3.05) is 0 Å². The fourth-order valence-corrected chi connectivity index (χ4v) is 6.36. The minimum absolute atomic E-state index is 0.112. The fourth-order valence-electron chi connectivity index (χ4n) is 6.36. The van der Waals surface area contributed by atoms with Gasteiger partial charge in [-0.05, 0) is 61.7 Å². The van der Waals surface area contributed by atoms with E-state index in [9.17, 15) is 19.5 Å². The number of carbonyl (C=O) groups is 3. The zero-order valence-electron chi connectivity index (χ0n) is 14.2. The Balaban J connectivity index is 1.89. The van der Waals surface area contributed by atoms with Crippen molar-refractivity contribution in [2.24, 2.45) is 34.5 Å². The molecule has 3 saturated carbocycles. The monoisotopic (exact) mass is 320 g/mol. The molecule has 0 saturated heterocycles. The van der Waals surface area contributed by atoms with Gasteiger partial charge in [0.15, 0.2) is 0 Å². The second kappa shape index (κ2) is 5.71. The number of Topliss-reactive ketones (excluding diaryl/α,β-unsaturated/α-hetero) is 1.